The number of ether oxygens (including phenoxy) is 1. The lowest BCUT2D eigenvalue weighted by Crippen LogP contribution is -2.48. The van der Waals surface area contributed by atoms with Gasteiger partial charge in [0.2, 0.25) is 11.8 Å². The van der Waals surface area contributed by atoms with E-state index in [1.165, 1.54) is 21.9 Å². The molecule has 0 spiro atoms. The maximum Gasteiger partial charge on any atom is 0.306 e. The van der Waals surface area contributed by atoms with Crippen LogP contribution >= 0.6 is 11.3 Å². The molecule has 2 amide bonds. The monoisotopic (exact) mass is 460 g/mol. The molecule has 1 aromatic heterocycles. The molecule has 3 rings (SSSR count). The normalized spacial score (nSPS) is 15.4. The number of hydrogen-bond donors (Lipinski definition) is 0. The van der Waals surface area contributed by atoms with Gasteiger partial charge in [0.25, 0.3) is 0 Å². The Balaban J connectivity index is 1.78. The number of esters is 1. The molecule has 8 heteroatoms. The van der Waals surface area contributed by atoms with Crippen molar-refractivity contribution in [2.75, 3.05) is 19.7 Å². The summed E-state index contributed by atoms with van der Waals surface area (Å²) < 4.78 is 18.4. The molecular formula is C24H29FN2O4S. The van der Waals surface area contributed by atoms with E-state index in [1.54, 1.807) is 35.3 Å². The topological polar surface area (TPSA) is 66.9 Å². The number of carbonyl (C=O) groups excluding carboxylic acids is 3. The first-order valence-electron chi connectivity index (χ1n) is 10.9. The van der Waals surface area contributed by atoms with E-state index in [1.807, 2.05) is 25.3 Å². The minimum absolute atomic E-state index is 0.000360. The summed E-state index contributed by atoms with van der Waals surface area (Å²) in [5.41, 5.74) is 1.88. The first-order valence-corrected chi connectivity index (χ1v) is 11.8. The average Bonchev–Trinajstić information content (AvgIpc) is 3.24. The van der Waals surface area contributed by atoms with E-state index in [-0.39, 0.29) is 55.7 Å². The van der Waals surface area contributed by atoms with E-state index < -0.39 is 5.97 Å². The van der Waals surface area contributed by atoms with Gasteiger partial charge >= 0.3 is 5.97 Å². The first kappa shape index (κ1) is 23.9. The van der Waals surface area contributed by atoms with Gasteiger partial charge in [-0.1, -0.05) is 12.1 Å². The lowest BCUT2D eigenvalue weighted by atomic mass is 9.93. The number of halogens is 1. The zero-order valence-electron chi connectivity index (χ0n) is 18.7. The molecule has 0 radical (unpaired) electrons. The predicted molar refractivity (Wildman–Crippen MR) is 121 cm³/mol. The molecule has 0 N–H and O–H groups in total. The standard InChI is InChI=1S/C24H29FN2O4S/c1-4-31-23(30)10-9-21(28)27(16(2)3)15-22(29)26-13-11-20-19(12-14-32-20)24(26)17-5-7-18(25)8-6-17/h5-8,12,14,16,24H,4,9-11,13,15H2,1-3H3. The van der Waals surface area contributed by atoms with Crippen LogP contribution in [0.15, 0.2) is 35.7 Å². The van der Waals surface area contributed by atoms with Crippen LogP contribution in [-0.4, -0.2) is 53.3 Å². The number of amides is 2. The fourth-order valence-corrected chi connectivity index (χ4v) is 4.87. The summed E-state index contributed by atoms with van der Waals surface area (Å²) in [5.74, 6) is -1.18. The Kier molecular flexibility index (Phi) is 8.01. The third-order valence-electron chi connectivity index (χ3n) is 5.57. The second-order valence-corrected chi connectivity index (χ2v) is 9.01. The Morgan fingerprint density at radius 2 is 1.91 bits per heavy atom. The molecule has 0 aliphatic carbocycles. The summed E-state index contributed by atoms with van der Waals surface area (Å²) in [5, 5.41) is 2.01. The predicted octanol–water partition coefficient (Wildman–Crippen LogP) is 3.94. The van der Waals surface area contributed by atoms with Crippen LogP contribution in [0.4, 0.5) is 4.39 Å². The van der Waals surface area contributed by atoms with Crippen LogP contribution in [0.3, 0.4) is 0 Å². The lowest BCUT2D eigenvalue weighted by molar-refractivity contribution is -0.147. The smallest absolute Gasteiger partial charge is 0.306 e. The van der Waals surface area contributed by atoms with E-state index in [9.17, 15) is 18.8 Å². The van der Waals surface area contributed by atoms with Crippen molar-refractivity contribution in [3.05, 3.63) is 57.5 Å². The molecule has 32 heavy (non-hydrogen) atoms. The Bertz CT molecular complexity index is 957. The fourth-order valence-electron chi connectivity index (χ4n) is 3.97. The number of nitrogens with zero attached hydrogens (tertiary/aromatic N) is 2. The van der Waals surface area contributed by atoms with Gasteiger partial charge in [-0.05, 0) is 61.9 Å². The zero-order valence-corrected chi connectivity index (χ0v) is 19.5. The van der Waals surface area contributed by atoms with E-state index >= 15 is 0 Å². The highest BCUT2D eigenvalue weighted by molar-refractivity contribution is 7.10. The Hall–Kier alpha value is -2.74. The summed E-state index contributed by atoms with van der Waals surface area (Å²) in [4.78, 5) is 42.3. The summed E-state index contributed by atoms with van der Waals surface area (Å²) >= 11 is 1.66. The Morgan fingerprint density at radius 1 is 1.19 bits per heavy atom. The maximum absolute atomic E-state index is 13.5. The van der Waals surface area contributed by atoms with Crippen LogP contribution < -0.4 is 0 Å². The largest absolute Gasteiger partial charge is 0.466 e. The number of benzene rings is 1. The molecule has 1 aromatic carbocycles. The van der Waals surface area contributed by atoms with Gasteiger partial charge in [0.15, 0.2) is 0 Å². The van der Waals surface area contributed by atoms with Crippen molar-refractivity contribution in [2.45, 2.75) is 52.1 Å². The summed E-state index contributed by atoms with van der Waals surface area (Å²) in [7, 11) is 0. The third kappa shape index (κ3) is 5.54. The van der Waals surface area contributed by atoms with Gasteiger partial charge in [-0.3, -0.25) is 14.4 Å². The Labute approximate surface area is 192 Å². The van der Waals surface area contributed by atoms with Gasteiger partial charge in [-0.25, -0.2) is 4.39 Å². The highest BCUT2D eigenvalue weighted by Gasteiger charge is 2.34. The molecule has 6 nitrogen and oxygen atoms in total. The molecule has 1 unspecified atom stereocenters. The second kappa shape index (κ2) is 10.7. The SMILES string of the molecule is CCOC(=O)CCC(=O)N(CC(=O)N1CCc2sccc2C1c1ccc(F)cc1)C(C)C. The molecule has 0 fully saturated rings. The van der Waals surface area contributed by atoms with Crippen LogP contribution in [-0.2, 0) is 25.5 Å². The molecule has 1 aliphatic rings. The second-order valence-electron chi connectivity index (χ2n) is 8.01. The molecule has 2 heterocycles. The van der Waals surface area contributed by atoms with Crippen molar-refractivity contribution < 1.29 is 23.5 Å². The van der Waals surface area contributed by atoms with Crippen LogP contribution in [0.2, 0.25) is 0 Å². The van der Waals surface area contributed by atoms with E-state index in [4.69, 9.17) is 4.74 Å². The average molecular weight is 461 g/mol. The molecule has 1 aliphatic heterocycles. The number of carbonyl (C=O) groups is 3. The van der Waals surface area contributed by atoms with Crippen molar-refractivity contribution in [2.24, 2.45) is 0 Å². The van der Waals surface area contributed by atoms with Gasteiger partial charge in [-0.2, -0.15) is 0 Å². The van der Waals surface area contributed by atoms with E-state index in [0.717, 1.165) is 17.5 Å². The molecule has 0 saturated carbocycles. The van der Waals surface area contributed by atoms with Crippen molar-refractivity contribution in [3.63, 3.8) is 0 Å². The molecule has 0 bridgehead atoms. The number of hydrogen-bond acceptors (Lipinski definition) is 5. The van der Waals surface area contributed by atoms with Gasteiger partial charge in [0, 0.05) is 23.9 Å². The number of fused-ring (bicyclic) bond motifs is 1. The molecule has 2 aromatic rings. The van der Waals surface area contributed by atoms with Crippen molar-refractivity contribution in [1.82, 2.24) is 9.80 Å². The minimum Gasteiger partial charge on any atom is -0.466 e. The van der Waals surface area contributed by atoms with Gasteiger partial charge < -0.3 is 14.5 Å². The number of thiophene rings is 1. The van der Waals surface area contributed by atoms with Crippen molar-refractivity contribution >= 4 is 29.1 Å². The maximum atomic E-state index is 13.5. The van der Waals surface area contributed by atoms with Gasteiger partial charge in [0.05, 0.1) is 19.1 Å². The molecule has 172 valence electrons. The highest BCUT2D eigenvalue weighted by atomic mass is 32.1. The summed E-state index contributed by atoms with van der Waals surface area (Å²) in [6, 6.07) is 7.71. The van der Waals surface area contributed by atoms with E-state index in [2.05, 4.69) is 0 Å². The van der Waals surface area contributed by atoms with Gasteiger partial charge in [0.1, 0.15) is 12.4 Å². The van der Waals surface area contributed by atoms with Crippen molar-refractivity contribution in [1.29, 1.82) is 0 Å². The Morgan fingerprint density at radius 3 is 2.56 bits per heavy atom. The van der Waals surface area contributed by atoms with Gasteiger partial charge in [-0.15, -0.1) is 11.3 Å². The van der Waals surface area contributed by atoms with Crippen LogP contribution in [0, 0.1) is 5.82 Å². The highest BCUT2D eigenvalue weighted by Crippen LogP contribution is 2.38. The quantitative estimate of drug-likeness (QED) is 0.560. The first-order chi connectivity index (χ1) is 15.3. The summed E-state index contributed by atoms with van der Waals surface area (Å²) in [6.45, 7) is 6.13. The zero-order chi connectivity index (χ0) is 23.3. The number of rotatable bonds is 8. The van der Waals surface area contributed by atoms with Crippen LogP contribution in [0.25, 0.3) is 0 Å². The van der Waals surface area contributed by atoms with Crippen LogP contribution in [0.5, 0.6) is 0 Å². The third-order valence-corrected chi connectivity index (χ3v) is 6.57. The van der Waals surface area contributed by atoms with Crippen LogP contribution in [0.1, 0.15) is 55.7 Å². The molecule has 1 atom stereocenters. The fraction of sp³-hybridized carbons (Fsp3) is 0.458. The minimum atomic E-state index is -0.423. The molecular weight excluding hydrogens is 431 g/mol. The van der Waals surface area contributed by atoms with Crippen molar-refractivity contribution in [3.8, 4) is 0 Å². The summed E-state index contributed by atoms with van der Waals surface area (Å²) in [6.07, 6.45) is 0.736. The van der Waals surface area contributed by atoms with E-state index in [0.29, 0.717) is 6.54 Å². The molecule has 0 saturated heterocycles. The lowest BCUT2D eigenvalue weighted by Gasteiger charge is -2.38.